The van der Waals surface area contributed by atoms with Gasteiger partial charge in [0.1, 0.15) is 11.5 Å². The van der Waals surface area contributed by atoms with E-state index in [1.807, 2.05) is 51.1 Å². The number of fused-ring (bicyclic) bond motifs is 1. The molecular formula is C33H34N2O4S. The number of nitrogens with zero attached hydrogens (tertiary/aromatic N) is 2. The molecule has 4 aromatic rings. The summed E-state index contributed by atoms with van der Waals surface area (Å²) in [7, 11) is 0. The molecule has 0 saturated carbocycles. The predicted octanol–water partition coefficient (Wildman–Crippen LogP) is 7.63. The van der Waals surface area contributed by atoms with Crippen LogP contribution >= 0.6 is 11.3 Å². The first kappa shape index (κ1) is 27.6. The average Bonchev–Trinajstić information content (AvgIpc) is 3.45. The van der Waals surface area contributed by atoms with Gasteiger partial charge in [-0.3, -0.25) is 14.5 Å². The number of Topliss-reactive ketones (excluding diaryl/α,β-unsaturated/α-hetero) is 1. The summed E-state index contributed by atoms with van der Waals surface area (Å²) in [5.41, 5.74) is 5.13. The number of aromatic nitrogens is 1. The van der Waals surface area contributed by atoms with Crippen molar-refractivity contribution in [3.63, 3.8) is 0 Å². The van der Waals surface area contributed by atoms with Crippen LogP contribution in [0.25, 0.3) is 16.0 Å². The van der Waals surface area contributed by atoms with E-state index in [0.29, 0.717) is 23.1 Å². The first-order valence-electron chi connectivity index (χ1n) is 13.5. The number of aliphatic hydroxyl groups is 1. The lowest BCUT2D eigenvalue weighted by Gasteiger charge is -2.24. The minimum Gasteiger partial charge on any atom is -0.507 e. The van der Waals surface area contributed by atoms with Crippen LogP contribution in [0, 0.1) is 13.8 Å². The second kappa shape index (κ2) is 10.5. The maximum absolute atomic E-state index is 13.7. The van der Waals surface area contributed by atoms with Gasteiger partial charge in [-0.05, 0) is 66.1 Å². The molecule has 0 radical (unpaired) electrons. The third kappa shape index (κ3) is 5.02. The number of ketones is 1. The quantitative estimate of drug-likeness (QED) is 0.151. The third-order valence-corrected chi connectivity index (χ3v) is 8.14. The summed E-state index contributed by atoms with van der Waals surface area (Å²) in [6.45, 7) is 13.0. The van der Waals surface area contributed by atoms with Crippen LogP contribution in [0.2, 0.25) is 0 Å². The topological polar surface area (TPSA) is 79.7 Å². The van der Waals surface area contributed by atoms with Gasteiger partial charge in [0.05, 0.1) is 28.4 Å². The number of amides is 1. The molecular weight excluding hydrogens is 520 g/mol. The normalized spacial score (nSPS) is 17.1. The van der Waals surface area contributed by atoms with Gasteiger partial charge in [-0.1, -0.05) is 81.5 Å². The summed E-state index contributed by atoms with van der Waals surface area (Å²) in [6, 6.07) is 18.1. The van der Waals surface area contributed by atoms with Crippen molar-refractivity contribution in [2.24, 2.45) is 0 Å². The molecule has 2 heterocycles. The van der Waals surface area contributed by atoms with Gasteiger partial charge in [-0.2, -0.15) is 0 Å². The zero-order chi connectivity index (χ0) is 28.8. The van der Waals surface area contributed by atoms with E-state index in [-0.39, 0.29) is 16.7 Å². The molecule has 0 spiro atoms. The van der Waals surface area contributed by atoms with Gasteiger partial charge in [0, 0.05) is 5.56 Å². The molecule has 1 amide bonds. The first-order chi connectivity index (χ1) is 19.0. The van der Waals surface area contributed by atoms with Crippen molar-refractivity contribution in [1.82, 2.24) is 4.98 Å². The van der Waals surface area contributed by atoms with Gasteiger partial charge in [-0.25, -0.2) is 4.98 Å². The van der Waals surface area contributed by atoms with Gasteiger partial charge in [0.25, 0.3) is 5.78 Å². The van der Waals surface area contributed by atoms with E-state index >= 15 is 0 Å². The van der Waals surface area contributed by atoms with Crippen LogP contribution in [0.1, 0.15) is 68.0 Å². The van der Waals surface area contributed by atoms with E-state index in [1.54, 1.807) is 24.3 Å². The number of anilines is 1. The summed E-state index contributed by atoms with van der Waals surface area (Å²) >= 11 is 1.37. The molecule has 206 valence electrons. The molecule has 0 bridgehead atoms. The minimum atomic E-state index is -0.837. The molecule has 5 rings (SSSR count). The lowest BCUT2D eigenvalue weighted by atomic mass is 9.85. The van der Waals surface area contributed by atoms with E-state index in [9.17, 15) is 14.7 Å². The summed E-state index contributed by atoms with van der Waals surface area (Å²) in [4.78, 5) is 33.6. The number of hydrogen-bond donors (Lipinski definition) is 1. The Labute approximate surface area is 238 Å². The van der Waals surface area contributed by atoms with Crippen molar-refractivity contribution in [2.45, 2.75) is 59.4 Å². The Bertz CT molecular complexity index is 1640. The molecule has 7 heteroatoms. The number of hydrogen-bond acceptors (Lipinski definition) is 6. The Morgan fingerprint density at radius 3 is 2.45 bits per heavy atom. The molecule has 1 aliphatic heterocycles. The summed E-state index contributed by atoms with van der Waals surface area (Å²) in [5.74, 6) is -1.10. The summed E-state index contributed by atoms with van der Waals surface area (Å²) in [5, 5.41) is 12.0. The van der Waals surface area contributed by atoms with E-state index in [1.165, 1.54) is 16.2 Å². The minimum absolute atomic E-state index is 0.0355. The van der Waals surface area contributed by atoms with Crippen molar-refractivity contribution < 1.29 is 19.4 Å². The van der Waals surface area contributed by atoms with E-state index < -0.39 is 17.7 Å². The number of aliphatic hydroxyl groups excluding tert-OH is 1. The standard InChI is InChI=1S/C33H34N2O4S/c1-7-15-39-24-10-8-9-22(18-24)29(36)26-28(21-11-13-23(14-12-21)33(4,5)6)35(31(38)30(26)37)32-34-27-20(3)16-19(2)17-25(27)40-32/h8-14,16-18,28,36H,7,15H2,1-6H3/b29-26+. The molecule has 6 nitrogen and oxygen atoms in total. The Kier molecular flexibility index (Phi) is 7.27. The fourth-order valence-electron chi connectivity index (χ4n) is 5.08. The summed E-state index contributed by atoms with van der Waals surface area (Å²) in [6.07, 6.45) is 0.840. The van der Waals surface area contributed by atoms with Crippen LogP contribution in [0.5, 0.6) is 5.75 Å². The third-order valence-electron chi connectivity index (χ3n) is 7.14. The zero-order valence-corrected chi connectivity index (χ0v) is 24.6. The predicted molar refractivity (Wildman–Crippen MR) is 161 cm³/mol. The zero-order valence-electron chi connectivity index (χ0n) is 23.7. The highest BCUT2D eigenvalue weighted by molar-refractivity contribution is 7.22. The maximum atomic E-state index is 13.7. The molecule has 1 saturated heterocycles. The maximum Gasteiger partial charge on any atom is 0.301 e. The Morgan fingerprint density at radius 1 is 1.05 bits per heavy atom. The average molecular weight is 555 g/mol. The summed E-state index contributed by atoms with van der Waals surface area (Å²) < 4.78 is 6.70. The van der Waals surface area contributed by atoms with Crippen molar-refractivity contribution >= 4 is 44.1 Å². The monoisotopic (exact) mass is 554 g/mol. The number of aryl methyl sites for hydroxylation is 2. The van der Waals surface area contributed by atoms with Crippen molar-refractivity contribution in [3.8, 4) is 5.75 Å². The second-order valence-electron chi connectivity index (χ2n) is 11.3. The van der Waals surface area contributed by atoms with Crippen molar-refractivity contribution in [2.75, 3.05) is 11.5 Å². The van der Waals surface area contributed by atoms with Crippen LogP contribution in [-0.2, 0) is 15.0 Å². The number of benzene rings is 3. The van der Waals surface area contributed by atoms with Crippen LogP contribution in [-0.4, -0.2) is 28.4 Å². The van der Waals surface area contributed by atoms with E-state index in [4.69, 9.17) is 9.72 Å². The number of carbonyl (C=O) groups is 2. The first-order valence-corrected chi connectivity index (χ1v) is 14.3. The molecule has 1 fully saturated rings. The molecule has 0 aliphatic carbocycles. The fraction of sp³-hybridized carbons (Fsp3) is 0.303. The highest BCUT2D eigenvalue weighted by atomic mass is 32.1. The number of rotatable bonds is 6. The number of thiazole rings is 1. The highest BCUT2D eigenvalue weighted by Crippen LogP contribution is 2.45. The Hall–Kier alpha value is -3.97. The smallest absolute Gasteiger partial charge is 0.301 e. The lowest BCUT2D eigenvalue weighted by Crippen LogP contribution is -2.29. The highest BCUT2D eigenvalue weighted by Gasteiger charge is 2.48. The Balaban J connectivity index is 1.70. The molecule has 40 heavy (non-hydrogen) atoms. The van der Waals surface area contributed by atoms with Crippen molar-refractivity contribution in [3.05, 3.63) is 94.1 Å². The number of carbonyl (C=O) groups excluding carboxylic acids is 2. The number of ether oxygens (including phenoxy) is 1. The second-order valence-corrected chi connectivity index (χ2v) is 12.4. The molecule has 1 N–H and O–H groups in total. The SMILES string of the molecule is CCCOc1cccc(/C(O)=C2\C(=O)C(=O)N(c3nc4c(C)cc(C)cc4s3)C2c2ccc(C(C)(C)C)cc2)c1. The van der Waals surface area contributed by atoms with Gasteiger partial charge in [0.15, 0.2) is 5.13 Å². The molecule has 1 unspecified atom stereocenters. The van der Waals surface area contributed by atoms with E-state index in [2.05, 4.69) is 26.8 Å². The fourth-order valence-corrected chi connectivity index (χ4v) is 6.25. The lowest BCUT2D eigenvalue weighted by molar-refractivity contribution is -0.132. The van der Waals surface area contributed by atoms with Crippen LogP contribution in [0.3, 0.4) is 0 Å². The molecule has 1 aromatic heterocycles. The van der Waals surface area contributed by atoms with Crippen LogP contribution < -0.4 is 9.64 Å². The van der Waals surface area contributed by atoms with Crippen LogP contribution in [0.15, 0.2) is 66.2 Å². The van der Waals surface area contributed by atoms with E-state index in [0.717, 1.165) is 38.9 Å². The van der Waals surface area contributed by atoms with Gasteiger partial charge >= 0.3 is 5.91 Å². The largest absolute Gasteiger partial charge is 0.507 e. The van der Waals surface area contributed by atoms with Gasteiger partial charge < -0.3 is 9.84 Å². The van der Waals surface area contributed by atoms with Crippen LogP contribution in [0.4, 0.5) is 5.13 Å². The molecule has 1 aliphatic rings. The molecule has 1 atom stereocenters. The van der Waals surface area contributed by atoms with Gasteiger partial charge in [0.2, 0.25) is 0 Å². The van der Waals surface area contributed by atoms with Gasteiger partial charge in [-0.15, -0.1) is 0 Å². The molecule has 3 aromatic carbocycles. The Morgan fingerprint density at radius 2 is 1.77 bits per heavy atom. The van der Waals surface area contributed by atoms with Crippen molar-refractivity contribution in [1.29, 1.82) is 0 Å².